The Morgan fingerprint density at radius 1 is 1.06 bits per heavy atom. The molecule has 2 aliphatic carbocycles. The van der Waals surface area contributed by atoms with Gasteiger partial charge in [0.2, 0.25) is 5.91 Å². The number of rotatable bonds is 7. The van der Waals surface area contributed by atoms with Crippen molar-refractivity contribution in [3.05, 3.63) is 47.8 Å². The molecule has 6 nitrogen and oxygen atoms in total. The standard InChI is InChI=1S/C27H33N5OS2/c1-19(23-17-20-9-10-21(23)16-20)32-26(24-8-5-15-34-24)28-29-27(32)35-18-25(33)31-13-11-30(12-14-31)22-6-3-2-4-7-22/h2-8,15,19-21,23H,9-14,16-18H2,1H3. The lowest BCUT2D eigenvalue weighted by molar-refractivity contribution is -0.128. The van der Waals surface area contributed by atoms with Crippen LogP contribution in [0.4, 0.5) is 5.69 Å². The molecule has 6 rings (SSSR count). The smallest absolute Gasteiger partial charge is 0.233 e. The first-order valence-electron chi connectivity index (χ1n) is 12.9. The van der Waals surface area contributed by atoms with Crippen LogP contribution < -0.4 is 4.90 Å². The minimum Gasteiger partial charge on any atom is -0.368 e. The summed E-state index contributed by atoms with van der Waals surface area (Å²) in [6, 6.07) is 15.0. The summed E-state index contributed by atoms with van der Waals surface area (Å²) < 4.78 is 2.35. The van der Waals surface area contributed by atoms with Gasteiger partial charge >= 0.3 is 0 Å². The van der Waals surface area contributed by atoms with Gasteiger partial charge in [-0.05, 0) is 67.5 Å². The Kier molecular flexibility index (Phi) is 6.58. The van der Waals surface area contributed by atoms with Crippen LogP contribution in [0.25, 0.3) is 10.7 Å². The van der Waals surface area contributed by atoms with Gasteiger partial charge in [-0.2, -0.15) is 0 Å². The van der Waals surface area contributed by atoms with Crippen LogP contribution in [0.15, 0.2) is 53.0 Å². The number of benzene rings is 1. The summed E-state index contributed by atoms with van der Waals surface area (Å²) in [4.78, 5) is 18.6. The summed E-state index contributed by atoms with van der Waals surface area (Å²) in [7, 11) is 0. The van der Waals surface area contributed by atoms with E-state index >= 15 is 0 Å². The van der Waals surface area contributed by atoms with E-state index in [1.807, 2.05) is 11.0 Å². The van der Waals surface area contributed by atoms with E-state index in [1.54, 1.807) is 23.1 Å². The lowest BCUT2D eigenvalue weighted by Crippen LogP contribution is -2.49. The Morgan fingerprint density at radius 3 is 2.57 bits per heavy atom. The Hall–Kier alpha value is -2.32. The number of thiophene rings is 1. The van der Waals surface area contributed by atoms with Crippen LogP contribution in [-0.4, -0.2) is 57.5 Å². The van der Waals surface area contributed by atoms with E-state index in [9.17, 15) is 4.79 Å². The van der Waals surface area contributed by atoms with Gasteiger partial charge in [-0.1, -0.05) is 42.4 Å². The molecule has 8 heteroatoms. The maximum absolute atomic E-state index is 13.1. The number of aromatic nitrogens is 3. The summed E-state index contributed by atoms with van der Waals surface area (Å²) in [5.74, 6) is 3.99. The Balaban J connectivity index is 1.14. The van der Waals surface area contributed by atoms with Crippen molar-refractivity contribution < 1.29 is 4.79 Å². The number of amides is 1. The summed E-state index contributed by atoms with van der Waals surface area (Å²) in [5.41, 5.74) is 1.23. The largest absolute Gasteiger partial charge is 0.368 e. The number of nitrogens with zero attached hydrogens (tertiary/aromatic N) is 5. The summed E-state index contributed by atoms with van der Waals surface area (Å²) in [5, 5.41) is 12.2. The Labute approximate surface area is 215 Å². The van der Waals surface area contributed by atoms with Crippen molar-refractivity contribution in [1.82, 2.24) is 19.7 Å². The lowest BCUT2D eigenvalue weighted by Gasteiger charge is -2.36. The van der Waals surface area contributed by atoms with Gasteiger partial charge in [-0.15, -0.1) is 21.5 Å². The molecule has 0 spiro atoms. The monoisotopic (exact) mass is 507 g/mol. The molecular formula is C27H33N5OS2. The third-order valence-electron chi connectivity index (χ3n) is 8.30. The van der Waals surface area contributed by atoms with Crippen molar-refractivity contribution in [2.24, 2.45) is 17.8 Å². The molecule has 3 heterocycles. The molecule has 184 valence electrons. The molecule has 3 aliphatic rings. The molecule has 1 aromatic carbocycles. The van der Waals surface area contributed by atoms with E-state index in [4.69, 9.17) is 0 Å². The summed E-state index contributed by atoms with van der Waals surface area (Å²) in [6.45, 7) is 5.63. The average Bonchev–Trinajstić information content (AvgIpc) is 3.72. The number of hydrogen-bond acceptors (Lipinski definition) is 6. The van der Waals surface area contributed by atoms with Crippen molar-refractivity contribution in [2.75, 3.05) is 36.8 Å². The normalized spacial score (nSPS) is 24.8. The zero-order chi connectivity index (χ0) is 23.8. The fourth-order valence-corrected chi connectivity index (χ4v) is 8.09. The van der Waals surface area contributed by atoms with Crippen molar-refractivity contribution in [3.63, 3.8) is 0 Å². The molecule has 35 heavy (non-hydrogen) atoms. The first-order valence-corrected chi connectivity index (χ1v) is 14.7. The molecule has 1 aliphatic heterocycles. The van der Waals surface area contributed by atoms with E-state index in [0.29, 0.717) is 17.7 Å². The van der Waals surface area contributed by atoms with E-state index in [1.165, 1.54) is 31.4 Å². The number of para-hydroxylation sites is 1. The summed E-state index contributed by atoms with van der Waals surface area (Å²) in [6.07, 6.45) is 5.48. The summed E-state index contributed by atoms with van der Waals surface area (Å²) >= 11 is 3.27. The molecule has 2 saturated carbocycles. The third kappa shape index (κ3) is 4.62. The van der Waals surface area contributed by atoms with Gasteiger partial charge in [-0.25, -0.2) is 0 Å². The second-order valence-corrected chi connectivity index (χ2v) is 12.1. The molecule has 3 aromatic rings. The minimum atomic E-state index is 0.197. The van der Waals surface area contributed by atoms with Crippen molar-refractivity contribution in [3.8, 4) is 10.7 Å². The van der Waals surface area contributed by atoms with Gasteiger partial charge in [0.1, 0.15) is 0 Å². The topological polar surface area (TPSA) is 54.3 Å². The van der Waals surface area contributed by atoms with Crippen molar-refractivity contribution in [1.29, 1.82) is 0 Å². The van der Waals surface area contributed by atoms with Gasteiger partial charge in [0.05, 0.1) is 10.6 Å². The molecule has 1 amide bonds. The molecule has 2 aromatic heterocycles. The average molecular weight is 508 g/mol. The van der Waals surface area contributed by atoms with Crippen molar-refractivity contribution >= 4 is 34.7 Å². The van der Waals surface area contributed by atoms with E-state index in [2.05, 4.69) is 68.4 Å². The zero-order valence-electron chi connectivity index (χ0n) is 20.3. The van der Waals surface area contributed by atoms with Gasteiger partial charge in [0.25, 0.3) is 0 Å². The van der Waals surface area contributed by atoms with Crippen LogP contribution in [0, 0.1) is 17.8 Å². The predicted octanol–water partition coefficient (Wildman–Crippen LogP) is 5.44. The molecule has 0 radical (unpaired) electrons. The van der Waals surface area contributed by atoms with Crippen LogP contribution in [-0.2, 0) is 4.79 Å². The third-order valence-corrected chi connectivity index (χ3v) is 10.1. The van der Waals surface area contributed by atoms with Crippen LogP contribution in [0.1, 0.15) is 38.6 Å². The van der Waals surface area contributed by atoms with Gasteiger partial charge in [-0.3, -0.25) is 9.36 Å². The molecule has 4 unspecified atom stereocenters. The number of carbonyl (C=O) groups is 1. The predicted molar refractivity (Wildman–Crippen MR) is 143 cm³/mol. The molecule has 2 bridgehead atoms. The lowest BCUT2D eigenvalue weighted by atomic mass is 9.84. The number of thioether (sulfide) groups is 1. The fourth-order valence-electron chi connectivity index (χ4n) is 6.46. The highest BCUT2D eigenvalue weighted by Crippen LogP contribution is 2.53. The highest BCUT2D eigenvalue weighted by molar-refractivity contribution is 7.99. The van der Waals surface area contributed by atoms with Crippen LogP contribution >= 0.6 is 23.1 Å². The van der Waals surface area contributed by atoms with Gasteiger partial charge in [0, 0.05) is 37.9 Å². The number of anilines is 1. The molecule has 0 N–H and O–H groups in total. The maximum atomic E-state index is 13.1. The Morgan fingerprint density at radius 2 is 1.89 bits per heavy atom. The number of carbonyl (C=O) groups excluding carboxylic acids is 1. The molecular weight excluding hydrogens is 474 g/mol. The zero-order valence-corrected chi connectivity index (χ0v) is 21.9. The first-order chi connectivity index (χ1) is 17.2. The van der Waals surface area contributed by atoms with Crippen LogP contribution in [0.2, 0.25) is 0 Å². The number of piperazine rings is 1. The number of fused-ring (bicyclic) bond motifs is 2. The molecule has 1 saturated heterocycles. The number of hydrogen-bond donors (Lipinski definition) is 0. The highest BCUT2D eigenvalue weighted by Gasteiger charge is 2.43. The minimum absolute atomic E-state index is 0.197. The Bertz CT molecular complexity index is 1140. The van der Waals surface area contributed by atoms with Gasteiger partial charge in [0.15, 0.2) is 11.0 Å². The quantitative estimate of drug-likeness (QED) is 0.398. The van der Waals surface area contributed by atoms with E-state index < -0.39 is 0 Å². The van der Waals surface area contributed by atoms with E-state index in [0.717, 1.165) is 53.9 Å². The second-order valence-electron chi connectivity index (χ2n) is 10.2. The maximum Gasteiger partial charge on any atom is 0.233 e. The molecule has 3 fully saturated rings. The van der Waals surface area contributed by atoms with Crippen molar-refractivity contribution in [2.45, 2.75) is 43.8 Å². The SMILES string of the molecule is CC(C1CC2CCC1C2)n1c(SCC(=O)N2CCN(c3ccccc3)CC2)nnc1-c1cccs1. The van der Waals surface area contributed by atoms with E-state index in [-0.39, 0.29) is 5.91 Å². The molecule has 4 atom stereocenters. The highest BCUT2D eigenvalue weighted by atomic mass is 32.2. The first kappa shape index (κ1) is 23.1. The second kappa shape index (κ2) is 9.97. The van der Waals surface area contributed by atoms with Crippen LogP contribution in [0.5, 0.6) is 0 Å². The van der Waals surface area contributed by atoms with Gasteiger partial charge < -0.3 is 9.80 Å². The van der Waals surface area contributed by atoms with Crippen LogP contribution in [0.3, 0.4) is 0 Å². The fraction of sp³-hybridized carbons (Fsp3) is 0.519.